The lowest BCUT2D eigenvalue weighted by molar-refractivity contribution is -0.682. The van der Waals surface area contributed by atoms with Crippen molar-refractivity contribution < 1.29 is 18.9 Å². The molecule has 0 fully saturated rings. The number of amides is 1. The van der Waals surface area contributed by atoms with Gasteiger partial charge in [-0.1, -0.05) is 23.7 Å². The maximum absolute atomic E-state index is 13.1. The number of rotatable bonds is 5. The molecular formula is C16H16ClF2N2O+. The molecule has 0 radical (unpaired) electrons. The van der Waals surface area contributed by atoms with Crippen LogP contribution < -0.4 is 10.6 Å². The predicted octanol–water partition coefficient (Wildman–Crippen LogP) is 2.88. The Kier molecular flexibility index (Phi) is 5.46. The number of carbonyl (C=O) groups is 1. The zero-order chi connectivity index (χ0) is 16.1. The van der Waals surface area contributed by atoms with Crippen molar-refractivity contribution in [2.45, 2.75) is 13.0 Å². The van der Waals surface area contributed by atoms with Crippen molar-refractivity contribution in [3.63, 3.8) is 0 Å². The van der Waals surface area contributed by atoms with Crippen molar-refractivity contribution in [3.8, 4) is 0 Å². The number of quaternary nitrogens is 1. The van der Waals surface area contributed by atoms with Crippen molar-refractivity contribution in [1.82, 2.24) is 0 Å². The summed E-state index contributed by atoms with van der Waals surface area (Å²) in [4.78, 5) is 11.8. The Morgan fingerprint density at radius 2 is 2.00 bits per heavy atom. The highest BCUT2D eigenvalue weighted by Crippen LogP contribution is 2.15. The number of hydrogen-bond donors (Lipinski definition) is 2. The zero-order valence-electron chi connectivity index (χ0n) is 11.9. The van der Waals surface area contributed by atoms with E-state index in [1.165, 1.54) is 6.07 Å². The molecular weight excluding hydrogens is 310 g/mol. The molecule has 116 valence electrons. The molecule has 2 rings (SSSR count). The Morgan fingerprint density at radius 1 is 1.23 bits per heavy atom. The lowest BCUT2D eigenvalue weighted by Gasteiger charge is -2.11. The molecule has 0 heterocycles. The fraction of sp³-hybridized carbons (Fsp3) is 0.188. The lowest BCUT2D eigenvalue weighted by atomic mass is 10.1. The van der Waals surface area contributed by atoms with Crippen LogP contribution in [0.25, 0.3) is 0 Å². The molecule has 6 heteroatoms. The van der Waals surface area contributed by atoms with E-state index in [-0.39, 0.29) is 24.2 Å². The number of anilines is 1. The van der Waals surface area contributed by atoms with Gasteiger partial charge >= 0.3 is 0 Å². The SMILES string of the molecule is C[C@@H]([NH2+]CC(=O)Nc1ccc(F)c(F)c1)c1cccc(Cl)c1. The van der Waals surface area contributed by atoms with Gasteiger partial charge in [-0.25, -0.2) is 8.78 Å². The molecule has 0 bridgehead atoms. The molecule has 2 aromatic rings. The maximum atomic E-state index is 13.1. The second kappa shape index (κ2) is 7.33. The van der Waals surface area contributed by atoms with Gasteiger partial charge in [0.15, 0.2) is 18.2 Å². The topological polar surface area (TPSA) is 45.7 Å². The minimum atomic E-state index is -0.992. The number of halogens is 3. The number of carbonyl (C=O) groups excluding carboxylic acids is 1. The Morgan fingerprint density at radius 3 is 2.68 bits per heavy atom. The van der Waals surface area contributed by atoms with E-state index in [4.69, 9.17) is 11.6 Å². The van der Waals surface area contributed by atoms with Crippen molar-refractivity contribution in [1.29, 1.82) is 0 Å². The van der Waals surface area contributed by atoms with E-state index >= 15 is 0 Å². The Balaban J connectivity index is 1.88. The Hall–Kier alpha value is -1.98. The molecule has 3 N–H and O–H groups in total. The number of hydrogen-bond acceptors (Lipinski definition) is 1. The van der Waals surface area contributed by atoms with Gasteiger partial charge in [-0.15, -0.1) is 0 Å². The molecule has 0 aliphatic carbocycles. The van der Waals surface area contributed by atoms with Crippen LogP contribution >= 0.6 is 11.6 Å². The summed E-state index contributed by atoms with van der Waals surface area (Å²) in [5, 5.41) is 5.00. The van der Waals surface area contributed by atoms with Crippen LogP contribution in [0, 0.1) is 11.6 Å². The van der Waals surface area contributed by atoms with Gasteiger partial charge in [0.1, 0.15) is 6.04 Å². The standard InChI is InChI=1S/C16H15ClF2N2O/c1-10(11-3-2-4-12(17)7-11)20-9-16(22)21-13-5-6-14(18)15(19)8-13/h2-8,10,20H,9H2,1H3,(H,21,22)/p+1/t10-/m1/s1. The average Bonchev–Trinajstić information content (AvgIpc) is 2.48. The van der Waals surface area contributed by atoms with Crippen LogP contribution in [0.4, 0.5) is 14.5 Å². The van der Waals surface area contributed by atoms with E-state index in [2.05, 4.69) is 5.32 Å². The second-order valence-electron chi connectivity index (χ2n) is 4.96. The molecule has 1 atom stereocenters. The first kappa shape index (κ1) is 16.4. The summed E-state index contributed by atoms with van der Waals surface area (Å²) in [6.45, 7) is 2.11. The van der Waals surface area contributed by atoms with E-state index in [0.717, 1.165) is 17.7 Å². The minimum Gasteiger partial charge on any atom is -0.333 e. The second-order valence-corrected chi connectivity index (χ2v) is 5.40. The van der Waals surface area contributed by atoms with Crippen LogP contribution in [0.2, 0.25) is 5.02 Å². The number of benzene rings is 2. The molecule has 3 nitrogen and oxygen atoms in total. The highest BCUT2D eigenvalue weighted by atomic mass is 35.5. The summed E-state index contributed by atoms with van der Waals surface area (Å²) >= 11 is 5.93. The van der Waals surface area contributed by atoms with Gasteiger partial charge in [0.2, 0.25) is 0 Å². The average molecular weight is 326 g/mol. The van der Waals surface area contributed by atoms with Gasteiger partial charge in [0.25, 0.3) is 5.91 Å². The van der Waals surface area contributed by atoms with Gasteiger partial charge in [0.05, 0.1) is 0 Å². The summed E-state index contributed by atoms with van der Waals surface area (Å²) < 4.78 is 25.9. The molecule has 0 saturated carbocycles. The smallest absolute Gasteiger partial charge is 0.279 e. The van der Waals surface area contributed by atoms with Gasteiger partial charge in [-0.2, -0.15) is 0 Å². The highest BCUT2D eigenvalue weighted by molar-refractivity contribution is 6.30. The van der Waals surface area contributed by atoms with E-state index < -0.39 is 11.6 Å². The molecule has 0 aromatic heterocycles. The van der Waals surface area contributed by atoms with Crippen molar-refractivity contribution in [2.75, 3.05) is 11.9 Å². The Bertz CT molecular complexity index is 679. The first-order valence-electron chi connectivity index (χ1n) is 6.79. The molecule has 2 aromatic carbocycles. The van der Waals surface area contributed by atoms with Gasteiger partial charge in [-0.05, 0) is 31.2 Å². The van der Waals surface area contributed by atoms with Crippen LogP contribution in [0.3, 0.4) is 0 Å². The van der Waals surface area contributed by atoms with Gasteiger partial charge in [0, 0.05) is 22.3 Å². The third-order valence-corrected chi connectivity index (χ3v) is 3.47. The highest BCUT2D eigenvalue weighted by Gasteiger charge is 2.12. The number of nitrogens with one attached hydrogen (secondary N) is 1. The van der Waals surface area contributed by atoms with Gasteiger partial charge in [-0.3, -0.25) is 4.79 Å². The van der Waals surface area contributed by atoms with E-state index in [1.807, 2.05) is 30.4 Å². The summed E-state index contributed by atoms with van der Waals surface area (Å²) in [5.74, 6) is -2.23. The minimum absolute atomic E-state index is 0.0504. The van der Waals surface area contributed by atoms with Crippen molar-refractivity contribution in [3.05, 3.63) is 64.7 Å². The first-order chi connectivity index (χ1) is 10.5. The quantitative estimate of drug-likeness (QED) is 0.872. The number of nitrogens with two attached hydrogens (primary N) is 1. The normalized spacial score (nSPS) is 12.0. The molecule has 0 spiro atoms. The molecule has 0 aliphatic heterocycles. The Labute approximate surface area is 132 Å². The third kappa shape index (κ3) is 4.51. The van der Waals surface area contributed by atoms with Crippen LogP contribution in [0.5, 0.6) is 0 Å². The van der Waals surface area contributed by atoms with Crippen LogP contribution in [-0.2, 0) is 4.79 Å². The van der Waals surface area contributed by atoms with Crippen molar-refractivity contribution >= 4 is 23.2 Å². The zero-order valence-corrected chi connectivity index (χ0v) is 12.7. The maximum Gasteiger partial charge on any atom is 0.279 e. The monoisotopic (exact) mass is 325 g/mol. The van der Waals surface area contributed by atoms with Crippen LogP contribution in [0.15, 0.2) is 42.5 Å². The molecule has 0 aliphatic rings. The van der Waals surface area contributed by atoms with Gasteiger partial charge < -0.3 is 10.6 Å². The summed E-state index contributed by atoms with van der Waals surface area (Å²) in [6.07, 6.45) is 0. The molecule has 0 saturated heterocycles. The summed E-state index contributed by atoms with van der Waals surface area (Å²) in [6, 6.07) is 10.7. The van der Waals surface area contributed by atoms with Crippen molar-refractivity contribution in [2.24, 2.45) is 0 Å². The molecule has 1 amide bonds. The van der Waals surface area contributed by atoms with Crippen LogP contribution in [0.1, 0.15) is 18.5 Å². The van der Waals surface area contributed by atoms with E-state index in [0.29, 0.717) is 5.02 Å². The first-order valence-corrected chi connectivity index (χ1v) is 7.17. The molecule has 0 unspecified atom stereocenters. The third-order valence-electron chi connectivity index (χ3n) is 3.23. The molecule has 22 heavy (non-hydrogen) atoms. The lowest BCUT2D eigenvalue weighted by Crippen LogP contribution is -2.86. The fourth-order valence-electron chi connectivity index (χ4n) is 2.00. The summed E-state index contributed by atoms with van der Waals surface area (Å²) in [5.41, 5.74) is 1.24. The van der Waals surface area contributed by atoms with Crippen LogP contribution in [-0.4, -0.2) is 12.5 Å². The van der Waals surface area contributed by atoms with E-state index in [1.54, 1.807) is 6.07 Å². The summed E-state index contributed by atoms with van der Waals surface area (Å²) in [7, 11) is 0. The largest absolute Gasteiger partial charge is 0.333 e. The fourth-order valence-corrected chi connectivity index (χ4v) is 2.19. The predicted molar refractivity (Wildman–Crippen MR) is 81.6 cm³/mol. The van der Waals surface area contributed by atoms with E-state index in [9.17, 15) is 13.6 Å².